The highest BCUT2D eigenvalue weighted by atomic mass is 79.9. The number of halogens is 2. The number of anilines is 1. The smallest absolute Gasteiger partial charge is 0.147 e. The standard InChI is InChI=1S/C11H13BrFNO/c12-8-1-2-11(10(13)7-8)14-9-3-5-15-6-4-9/h1-2,7,9,14H,3-6H2. The molecule has 0 atom stereocenters. The van der Waals surface area contributed by atoms with E-state index in [2.05, 4.69) is 21.2 Å². The maximum Gasteiger partial charge on any atom is 0.147 e. The lowest BCUT2D eigenvalue weighted by atomic mass is 10.1. The molecule has 1 aliphatic heterocycles. The number of rotatable bonds is 2. The minimum absolute atomic E-state index is 0.212. The van der Waals surface area contributed by atoms with Crippen LogP contribution in [0, 0.1) is 5.82 Å². The molecule has 0 saturated carbocycles. The van der Waals surface area contributed by atoms with Crippen molar-refractivity contribution in [3.63, 3.8) is 0 Å². The van der Waals surface area contributed by atoms with E-state index in [0.29, 0.717) is 11.7 Å². The topological polar surface area (TPSA) is 21.3 Å². The van der Waals surface area contributed by atoms with Gasteiger partial charge in [0.25, 0.3) is 0 Å². The molecule has 0 radical (unpaired) electrons. The van der Waals surface area contributed by atoms with Gasteiger partial charge in [-0.3, -0.25) is 0 Å². The molecule has 1 aliphatic rings. The highest BCUT2D eigenvalue weighted by Gasteiger charge is 2.14. The van der Waals surface area contributed by atoms with Gasteiger partial charge in [0.1, 0.15) is 5.82 Å². The first-order valence-electron chi connectivity index (χ1n) is 5.05. The second-order valence-corrected chi connectivity index (χ2v) is 4.57. The van der Waals surface area contributed by atoms with Crippen molar-refractivity contribution in [2.24, 2.45) is 0 Å². The van der Waals surface area contributed by atoms with Gasteiger partial charge in [0.05, 0.1) is 5.69 Å². The van der Waals surface area contributed by atoms with E-state index < -0.39 is 0 Å². The van der Waals surface area contributed by atoms with Crippen molar-refractivity contribution in [2.75, 3.05) is 18.5 Å². The molecule has 0 amide bonds. The quantitative estimate of drug-likeness (QED) is 0.894. The number of hydrogen-bond acceptors (Lipinski definition) is 2. The van der Waals surface area contributed by atoms with E-state index in [1.807, 2.05) is 6.07 Å². The van der Waals surface area contributed by atoms with Crippen LogP contribution in [0.4, 0.5) is 10.1 Å². The Bertz CT molecular complexity index is 339. The fraction of sp³-hybridized carbons (Fsp3) is 0.455. The molecule has 0 unspecified atom stereocenters. The third kappa shape index (κ3) is 2.92. The molecule has 1 aromatic rings. The normalized spacial score (nSPS) is 17.7. The van der Waals surface area contributed by atoms with Crippen LogP contribution < -0.4 is 5.32 Å². The van der Waals surface area contributed by atoms with Gasteiger partial charge in [-0.2, -0.15) is 0 Å². The molecular formula is C11H13BrFNO. The summed E-state index contributed by atoms with van der Waals surface area (Å²) < 4.78 is 19.5. The lowest BCUT2D eigenvalue weighted by molar-refractivity contribution is 0.0904. The summed E-state index contributed by atoms with van der Waals surface area (Å²) in [5.74, 6) is -0.212. The van der Waals surface area contributed by atoms with Crippen molar-refractivity contribution in [1.29, 1.82) is 0 Å². The van der Waals surface area contributed by atoms with Crippen LogP contribution in [0.5, 0.6) is 0 Å². The van der Waals surface area contributed by atoms with Crippen LogP contribution in [0.1, 0.15) is 12.8 Å². The summed E-state index contributed by atoms with van der Waals surface area (Å²) in [5.41, 5.74) is 0.574. The number of nitrogens with one attached hydrogen (secondary N) is 1. The highest BCUT2D eigenvalue weighted by Crippen LogP contribution is 2.21. The predicted octanol–water partition coefficient (Wildman–Crippen LogP) is 3.18. The molecule has 0 spiro atoms. The Morgan fingerprint density at radius 2 is 2.07 bits per heavy atom. The third-order valence-corrected chi connectivity index (χ3v) is 3.01. The van der Waals surface area contributed by atoms with E-state index in [4.69, 9.17) is 4.74 Å². The van der Waals surface area contributed by atoms with Crippen LogP contribution >= 0.6 is 15.9 Å². The average molecular weight is 274 g/mol. The summed E-state index contributed by atoms with van der Waals surface area (Å²) in [6.45, 7) is 1.52. The van der Waals surface area contributed by atoms with Crippen LogP contribution in [0.15, 0.2) is 22.7 Å². The van der Waals surface area contributed by atoms with E-state index in [0.717, 1.165) is 30.5 Å². The summed E-state index contributed by atoms with van der Waals surface area (Å²) in [6.07, 6.45) is 1.88. The van der Waals surface area contributed by atoms with Crippen LogP contribution in [-0.2, 0) is 4.74 Å². The molecule has 82 valence electrons. The van der Waals surface area contributed by atoms with Crippen molar-refractivity contribution >= 4 is 21.6 Å². The zero-order chi connectivity index (χ0) is 10.7. The second-order valence-electron chi connectivity index (χ2n) is 3.66. The van der Waals surface area contributed by atoms with Gasteiger partial charge in [-0.05, 0) is 31.0 Å². The summed E-state index contributed by atoms with van der Waals surface area (Å²) in [4.78, 5) is 0. The van der Waals surface area contributed by atoms with Gasteiger partial charge >= 0.3 is 0 Å². The Hall–Kier alpha value is -0.610. The molecule has 1 heterocycles. The van der Waals surface area contributed by atoms with E-state index >= 15 is 0 Å². The van der Waals surface area contributed by atoms with Crippen molar-refractivity contribution in [3.8, 4) is 0 Å². The van der Waals surface area contributed by atoms with Crippen molar-refractivity contribution in [1.82, 2.24) is 0 Å². The zero-order valence-corrected chi connectivity index (χ0v) is 9.89. The van der Waals surface area contributed by atoms with Crippen molar-refractivity contribution in [3.05, 3.63) is 28.5 Å². The maximum atomic E-state index is 13.5. The van der Waals surface area contributed by atoms with Gasteiger partial charge in [-0.15, -0.1) is 0 Å². The molecule has 0 aliphatic carbocycles. The molecule has 2 rings (SSSR count). The second kappa shape index (κ2) is 4.94. The molecule has 4 heteroatoms. The van der Waals surface area contributed by atoms with Gasteiger partial charge < -0.3 is 10.1 Å². The molecule has 15 heavy (non-hydrogen) atoms. The van der Waals surface area contributed by atoms with E-state index in [9.17, 15) is 4.39 Å². The fourth-order valence-electron chi connectivity index (χ4n) is 1.67. The molecule has 1 saturated heterocycles. The van der Waals surface area contributed by atoms with Crippen LogP contribution in [0.3, 0.4) is 0 Å². The SMILES string of the molecule is Fc1cc(Br)ccc1NC1CCOCC1. The first-order chi connectivity index (χ1) is 7.25. The summed E-state index contributed by atoms with van der Waals surface area (Å²) in [7, 11) is 0. The summed E-state index contributed by atoms with van der Waals surface area (Å²) >= 11 is 3.23. The molecule has 1 aromatic carbocycles. The van der Waals surface area contributed by atoms with Crippen LogP contribution in [0.25, 0.3) is 0 Å². The monoisotopic (exact) mass is 273 g/mol. The Kier molecular flexibility index (Phi) is 3.59. The maximum absolute atomic E-state index is 13.5. The lowest BCUT2D eigenvalue weighted by Gasteiger charge is -2.24. The summed E-state index contributed by atoms with van der Waals surface area (Å²) in [5, 5.41) is 3.20. The lowest BCUT2D eigenvalue weighted by Crippen LogP contribution is -2.28. The highest BCUT2D eigenvalue weighted by molar-refractivity contribution is 9.10. The van der Waals surface area contributed by atoms with Crippen LogP contribution in [-0.4, -0.2) is 19.3 Å². The molecule has 2 nitrogen and oxygen atoms in total. The van der Waals surface area contributed by atoms with Crippen molar-refractivity contribution in [2.45, 2.75) is 18.9 Å². The van der Waals surface area contributed by atoms with Gasteiger partial charge in [0, 0.05) is 23.7 Å². The largest absolute Gasteiger partial charge is 0.381 e. The molecule has 1 fully saturated rings. The molecular weight excluding hydrogens is 261 g/mol. The molecule has 0 bridgehead atoms. The number of benzene rings is 1. The first-order valence-corrected chi connectivity index (χ1v) is 5.84. The van der Waals surface area contributed by atoms with Crippen LogP contribution in [0.2, 0.25) is 0 Å². The Balaban J connectivity index is 2.03. The van der Waals surface area contributed by atoms with E-state index in [1.165, 1.54) is 6.07 Å². The first kappa shape index (κ1) is 10.9. The fourth-order valence-corrected chi connectivity index (χ4v) is 2.00. The Morgan fingerprint density at radius 1 is 1.33 bits per heavy atom. The molecule has 0 aromatic heterocycles. The Morgan fingerprint density at radius 3 is 2.73 bits per heavy atom. The molecule has 1 N–H and O–H groups in total. The minimum Gasteiger partial charge on any atom is -0.381 e. The van der Waals surface area contributed by atoms with E-state index in [1.54, 1.807) is 6.07 Å². The third-order valence-electron chi connectivity index (χ3n) is 2.51. The Labute approximate surface area is 96.9 Å². The summed E-state index contributed by atoms with van der Waals surface area (Å²) in [6, 6.07) is 5.40. The van der Waals surface area contributed by atoms with Gasteiger partial charge in [0.15, 0.2) is 0 Å². The predicted molar refractivity (Wildman–Crippen MR) is 61.6 cm³/mol. The van der Waals surface area contributed by atoms with Gasteiger partial charge in [0.2, 0.25) is 0 Å². The van der Waals surface area contributed by atoms with Gasteiger partial charge in [-0.1, -0.05) is 15.9 Å². The van der Waals surface area contributed by atoms with Gasteiger partial charge in [-0.25, -0.2) is 4.39 Å². The number of ether oxygens (including phenoxy) is 1. The zero-order valence-electron chi connectivity index (χ0n) is 8.30. The van der Waals surface area contributed by atoms with E-state index in [-0.39, 0.29) is 5.82 Å². The number of hydrogen-bond donors (Lipinski definition) is 1. The average Bonchev–Trinajstić information content (AvgIpc) is 2.24. The minimum atomic E-state index is -0.212. The van der Waals surface area contributed by atoms with Crippen molar-refractivity contribution < 1.29 is 9.13 Å².